The van der Waals surface area contributed by atoms with Crippen molar-refractivity contribution in [2.75, 3.05) is 32.7 Å². The normalized spacial score (nSPS) is 18.2. The van der Waals surface area contributed by atoms with E-state index < -0.39 is 18.3 Å². The van der Waals surface area contributed by atoms with E-state index in [-0.39, 0.29) is 13.1 Å². The van der Waals surface area contributed by atoms with E-state index in [1.807, 2.05) is 0 Å². The predicted molar refractivity (Wildman–Crippen MR) is 52.8 cm³/mol. The summed E-state index contributed by atoms with van der Waals surface area (Å²) in [6.07, 6.45) is 1.10. The maximum Gasteiger partial charge on any atom is 0.383 e. The van der Waals surface area contributed by atoms with E-state index in [4.69, 9.17) is 6.42 Å². The summed E-state index contributed by atoms with van der Waals surface area (Å²) >= 11 is 0. The largest absolute Gasteiger partial charge is 0.383 e. The van der Waals surface area contributed by atoms with Crippen LogP contribution in [0.3, 0.4) is 0 Å². The van der Waals surface area contributed by atoms with E-state index in [9.17, 15) is 22.4 Å². The SMILES string of the molecule is C#CCN1CCN(C(=O)C(F)(F)C(F)F)CC1. The fraction of sp³-hybridized carbons (Fsp3) is 0.700. The first-order valence-corrected chi connectivity index (χ1v) is 5.00. The van der Waals surface area contributed by atoms with Crippen molar-refractivity contribution in [3.8, 4) is 12.3 Å². The zero-order chi connectivity index (χ0) is 13.1. The molecule has 0 saturated carbocycles. The second kappa shape index (κ2) is 5.36. The van der Waals surface area contributed by atoms with Crippen LogP contribution in [0.2, 0.25) is 0 Å². The van der Waals surface area contributed by atoms with Gasteiger partial charge in [-0.3, -0.25) is 9.69 Å². The number of hydrogen-bond acceptors (Lipinski definition) is 2. The van der Waals surface area contributed by atoms with Crippen molar-refractivity contribution in [1.82, 2.24) is 9.80 Å². The number of piperazine rings is 1. The Kier molecular flexibility index (Phi) is 4.34. The lowest BCUT2D eigenvalue weighted by Crippen LogP contribution is -2.55. The molecule has 0 aromatic heterocycles. The molecular weight excluding hydrogens is 240 g/mol. The standard InChI is InChI=1S/C10H12F4N2O/c1-2-3-15-4-6-16(7-5-15)9(17)10(13,14)8(11)12/h1,8H,3-7H2. The van der Waals surface area contributed by atoms with Crippen molar-refractivity contribution < 1.29 is 22.4 Å². The highest BCUT2D eigenvalue weighted by Gasteiger charge is 2.51. The summed E-state index contributed by atoms with van der Waals surface area (Å²) in [4.78, 5) is 13.7. The van der Waals surface area contributed by atoms with Crippen molar-refractivity contribution in [2.24, 2.45) is 0 Å². The van der Waals surface area contributed by atoms with Crippen LogP contribution in [0.25, 0.3) is 0 Å². The van der Waals surface area contributed by atoms with Crippen LogP contribution < -0.4 is 0 Å². The third-order valence-electron chi connectivity index (χ3n) is 2.53. The topological polar surface area (TPSA) is 23.6 Å². The monoisotopic (exact) mass is 252 g/mol. The van der Waals surface area contributed by atoms with Gasteiger partial charge in [-0.1, -0.05) is 5.92 Å². The molecular formula is C10H12F4N2O. The minimum atomic E-state index is -4.60. The van der Waals surface area contributed by atoms with Crippen molar-refractivity contribution >= 4 is 5.91 Å². The average Bonchev–Trinajstić information content (AvgIpc) is 2.29. The summed E-state index contributed by atoms with van der Waals surface area (Å²) in [5.41, 5.74) is 0. The second-order valence-corrected chi connectivity index (χ2v) is 3.70. The van der Waals surface area contributed by atoms with Crippen LogP contribution in [0.5, 0.6) is 0 Å². The van der Waals surface area contributed by atoms with Gasteiger partial charge in [-0.05, 0) is 0 Å². The third kappa shape index (κ3) is 3.09. The number of carbonyl (C=O) groups is 1. The summed E-state index contributed by atoms with van der Waals surface area (Å²) in [5.74, 6) is -4.03. The first kappa shape index (κ1) is 13.8. The number of hydrogen-bond donors (Lipinski definition) is 0. The van der Waals surface area contributed by atoms with E-state index in [2.05, 4.69) is 5.92 Å². The molecule has 0 radical (unpaired) electrons. The first-order valence-electron chi connectivity index (χ1n) is 5.00. The van der Waals surface area contributed by atoms with E-state index >= 15 is 0 Å². The van der Waals surface area contributed by atoms with Crippen molar-refractivity contribution in [3.05, 3.63) is 0 Å². The lowest BCUT2D eigenvalue weighted by Gasteiger charge is -2.35. The minimum Gasteiger partial charge on any atom is -0.335 e. The smallest absolute Gasteiger partial charge is 0.335 e. The number of nitrogens with zero attached hydrogens (tertiary/aromatic N) is 2. The molecule has 0 N–H and O–H groups in total. The highest BCUT2D eigenvalue weighted by atomic mass is 19.3. The van der Waals surface area contributed by atoms with Crippen LogP contribution in [0, 0.1) is 12.3 Å². The van der Waals surface area contributed by atoms with Crippen molar-refractivity contribution in [3.63, 3.8) is 0 Å². The van der Waals surface area contributed by atoms with Crippen LogP contribution in [-0.4, -0.2) is 60.8 Å². The van der Waals surface area contributed by atoms with Crippen molar-refractivity contribution in [2.45, 2.75) is 12.3 Å². The van der Waals surface area contributed by atoms with E-state index in [1.54, 1.807) is 4.90 Å². The Morgan fingerprint density at radius 1 is 1.29 bits per heavy atom. The fourth-order valence-electron chi connectivity index (χ4n) is 1.54. The summed E-state index contributed by atoms with van der Waals surface area (Å²) < 4.78 is 49.5. The van der Waals surface area contributed by atoms with E-state index in [0.29, 0.717) is 19.6 Å². The first-order chi connectivity index (χ1) is 7.89. The van der Waals surface area contributed by atoms with Crippen LogP contribution in [0.1, 0.15) is 0 Å². The predicted octanol–water partition coefficient (Wildman–Crippen LogP) is 0.664. The highest BCUT2D eigenvalue weighted by molar-refractivity contribution is 5.84. The molecule has 0 bridgehead atoms. The van der Waals surface area contributed by atoms with Crippen molar-refractivity contribution in [1.29, 1.82) is 0 Å². The third-order valence-corrected chi connectivity index (χ3v) is 2.53. The Morgan fingerprint density at radius 3 is 2.24 bits per heavy atom. The van der Waals surface area contributed by atoms with Crippen LogP contribution >= 0.6 is 0 Å². The van der Waals surface area contributed by atoms with Gasteiger partial charge < -0.3 is 4.90 Å². The molecule has 17 heavy (non-hydrogen) atoms. The number of halogens is 4. The molecule has 1 aliphatic heterocycles. The molecule has 7 heteroatoms. The Bertz CT molecular complexity index is 319. The van der Waals surface area contributed by atoms with Gasteiger partial charge >= 0.3 is 12.3 Å². The molecule has 0 unspecified atom stereocenters. The Morgan fingerprint density at radius 2 is 1.82 bits per heavy atom. The Balaban J connectivity index is 2.55. The zero-order valence-corrected chi connectivity index (χ0v) is 9.00. The maximum absolute atomic E-state index is 12.8. The van der Waals surface area contributed by atoms with Crippen LogP contribution in [-0.2, 0) is 4.79 Å². The average molecular weight is 252 g/mol. The molecule has 0 aromatic carbocycles. The summed E-state index contributed by atoms with van der Waals surface area (Å²) in [7, 11) is 0. The van der Waals surface area contributed by atoms with Gasteiger partial charge in [0.1, 0.15) is 0 Å². The van der Waals surface area contributed by atoms with Gasteiger partial charge in [-0.2, -0.15) is 8.78 Å². The van der Waals surface area contributed by atoms with Gasteiger partial charge in [0.2, 0.25) is 0 Å². The molecule has 3 nitrogen and oxygen atoms in total. The number of alkyl halides is 4. The number of amides is 1. The summed E-state index contributed by atoms with van der Waals surface area (Å²) in [6.45, 7) is 0.962. The molecule has 1 fully saturated rings. The molecule has 1 heterocycles. The van der Waals surface area contributed by atoms with Crippen LogP contribution in [0.15, 0.2) is 0 Å². The number of terminal acetylenes is 1. The molecule has 0 aliphatic carbocycles. The number of rotatable bonds is 3. The molecule has 0 spiro atoms. The molecule has 1 saturated heterocycles. The van der Waals surface area contributed by atoms with Gasteiger partial charge in [-0.15, -0.1) is 6.42 Å². The summed E-state index contributed by atoms with van der Waals surface area (Å²) in [6, 6.07) is 0. The maximum atomic E-state index is 12.8. The van der Waals surface area contributed by atoms with Gasteiger partial charge in [0.15, 0.2) is 0 Å². The zero-order valence-electron chi connectivity index (χ0n) is 9.00. The quantitative estimate of drug-likeness (QED) is 0.544. The molecule has 0 atom stereocenters. The molecule has 96 valence electrons. The lowest BCUT2D eigenvalue weighted by atomic mass is 10.2. The lowest BCUT2D eigenvalue weighted by molar-refractivity contribution is -0.182. The van der Waals surface area contributed by atoms with Gasteiger partial charge in [-0.25, -0.2) is 8.78 Å². The van der Waals surface area contributed by atoms with E-state index in [0.717, 1.165) is 4.90 Å². The highest BCUT2D eigenvalue weighted by Crippen LogP contribution is 2.25. The van der Waals surface area contributed by atoms with Gasteiger partial charge in [0, 0.05) is 26.2 Å². The molecule has 1 rings (SSSR count). The number of carbonyl (C=O) groups excluding carboxylic acids is 1. The fourth-order valence-corrected chi connectivity index (χ4v) is 1.54. The molecule has 1 amide bonds. The van der Waals surface area contributed by atoms with Gasteiger partial charge in [0.05, 0.1) is 6.54 Å². The second-order valence-electron chi connectivity index (χ2n) is 3.70. The van der Waals surface area contributed by atoms with E-state index in [1.165, 1.54) is 0 Å². The van der Waals surface area contributed by atoms with Crippen LogP contribution in [0.4, 0.5) is 17.6 Å². The minimum absolute atomic E-state index is 0.0111. The Labute approximate surface area is 96.4 Å². The van der Waals surface area contributed by atoms with Gasteiger partial charge in [0.25, 0.3) is 5.91 Å². The molecule has 1 aliphatic rings. The summed E-state index contributed by atoms with van der Waals surface area (Å²) in [5, 5.41) is 0. The Hall–Kier alpha value is -1.29. The molecule has 0 aromatic rings.